The van der Waals surface area contributed by atoms with Crippen molar-refractivity contribution in [2.24, 2.45) is 5.10 Å². The molecule has 1 heterocycles. The van der Waals surface area contributed by atoms with E-state index in [-0.39, 0.29) is 11.6 Å². The van der Waals surface area contributed by atoms with E-state index in [9.17, 15) is 14.3 Å². The molecule has 1 aliphatic carbocycles. The molecule has 148 valence electrons. The van der Waals surface area contributed by atoms with Crippen molar-refractivity contribution in [2.75, 3.05) is 12.1 Å². The number of hydrazone groups is 1. The van der Waals surface area contributed by atoms with Crippen molar-refractivity contribution < 1.29 is 19.0 Å². The molecule has 2 aromatic carbocycles. The number of ether oxygens (including phenoxy) is 1. The summed E-state index contributed by atoms with van der Waals surface area (Å²) >= 11 is 1.47. The molecule has 29 heavy (non-hydrogen) atoms. The zero-order valence-corrected chi connectivity index (χ0v) is 16.4. The van der Waals surface area contributed by atoms with E-state index in [0.29, 0.717) is 5.56 Å². The molecule has 1 aliphatic rings. The molecule has 0 unspecified atom stereocenters. The number of aromatic nitrogens is 1. The van der Waals surface area contributed by atoms with Crippen LogP contribution in [0.4, 0.5) is 9.52 Å². The lowest BCUT2D eigenvalue weighted by Crippen LogP contribution is -2.19. The molecule has 1 N–H and O–H groups in total. The number of rotatable bonds is 7. The lowest BCUT2D eigenvalue weighted by atomic mass is 10.1. The molecule has 1 aromatic heterocycles. The smallest absolute Gasteiger partial charge is 0.336 e. The van der Waals surface area contributed by atoms with Gasteiger partial charge in [-0.1, -0.05) is 12.1 Å². The van der Waals surface area contributed by atoms with Gasteiger partial charge in [-0.3, -0.25) is 0 Å². The Morgan fingerprint density at radius 1 is 1.34 bits per heavy atom. The number of carboxylic acid groups (broad SMARTS) is 1. The predicted octanol–water partition coefficient (Wildman–Crippen LogP) is 4.66. The van der Waals surface area contributed by atoms with E-state index in [1.165, 1.54) is 29.7 Å². The van der Waals surface area contributed by atoms with Crippen LogP contribution in [0.1, 0.15) is 28.8 Å². The number of carbonyl (C=O) groups is 1. The van der Waals surface area contributed by atoms with Crippen LogP contribution in [-0.4, -0.2) is 35.4 Å². The van der Waals surface area contributed by atoms with E-state index < -0.39 is 11.8 Å². The highest BCUT2D eigenvalue weighted by Crippen LogP contribution is 2.36. The Morgan fingerprint density at radius 3 is 2.90 bits per heavy atom. The molecule has 3 aromatic rings. The molecule has 0 atom stereocenters. The Balaban J connectivity index is 1.62. The maximum atomic E-state index is 13.4. The Bertz CT molecular complexity index is 1080. The zero-order chi connectivity index (χ0) is 20.4. The van der Waals surface area contributed by atoms with Crippen molar-refractivity contribution in [1.29, 1.82) is 0 Å². The summed E-state index contributed by atoms with van der Waals surface area (Å²) in [5, 5.41) is 18.3. The predicted molar refractivity (Wildman–Crippen MR) is 111 cm³/mol. The van der Waals surface area contributed by atoms with Crippen molar-refractivity contribution in [1.82, 2.24) is 4.98 Å². The Kier molecular flexibility index (Phi) is 5.26. The van der Waals surface area contributed by atoms with E-state index in [2.05, 4.69) is 5.10 Å². The molecule has 0 bridgehead atoms. The van der Waals surface area contributed by atoms with Crippen LogP contribution in [0.2, 0.25) is 0 Å². The molecule has 0 spiro atoms. The van der Waals surface area contributed by atoms with Crippen LogP contribution in [0.15, 0.2) is 52.9 Å². The number of benzene rings is 2. The lowest BCUT2D eigenvalue weighted by Gasteiger charge is -2.14. The summed E-state index contributed by atoms with van der Waals surface area (Å²) < 4.78 is 18.7. The molecule has 0 aliphatic heterocycles. The highest BCUT2D eigenvalue weighted by molar-refractivity contribution is 7.14. The maximum Gasteiger partial charge on any atom is 0.336 e. The van der Waals surface area contributed by atoms with E-state index in [0.717, 1.165) is 41.0 Å². The SMILES string of the molecule is COc1cccc(-c2csc(N(N=Cc3ccc(F)cc3C(=O)O)C3CC3)n2)c1. The molecule has 1 saturated carbocycles. The Labute approximate surface area is 170 Å². The lowest BCUT2D eigenvalue weighted by molar-refractivity contribution is 0.0696. The van der Waals surface area contributed by atoms with Gasteiger partial charge in [0.05, 0.1) is 30.6 Å². The van der Waals surface area contributed by atoms with Gasteiger partial charge in [0, 0.05) is 16.5 Å². The number of methoxy groups -OCH3 is 1. The molecular formula is C21H18FN3O3S. The molecule has 8 heteroatoms. The summed E-state index contributed by atoms with van der Waals surface area (Å²) in [6, 6.07) is 11.5. The molecular weight excluding hydrogens is 393 g/mol. The number of thiazole rings is 1. The monoisotopic (exact) mass is 411 g/mol. The third-order valence-electron chi connectivity index (χ3n) is 4.51. The fraction of sp³-hybridized carbons (Fsp3) is 0.190. The summed E-state index contributed by atoms with van der Waals surface area (Å²) in [4.78, 5) is 16.1. The van der Waals surface area contributed by atoms with Gasteiger partial charge in [-0.05, 0) is 43.2 Å². The fourth-order valence-corrected chi connectivity index (χ4v) is 3.72. The highest BCUT2D eigenvalue weighted by atomic mass is 32.1. The van der Waals surface area contributed by atoms with Gasteiger partial charge in [-0.25, -0.2) is 19.2 Å². The van der Waals surface area contributed by atoms with E-state index in [4.69, 9.17) is 9.72 Å². The molecule has 4 rings (SSSR count). The minimum Gasteiger partial charge on any atom is -0.497 e. The van der Waals surface area contributed by atoms with Gasteiger partial charge in [0.25, 0.3) is 0 Å². The number of aromatic carboxylic acids is 1. The summed E-state index contributed by atoms with van der Waals surface area (Å²) in [7, 11) is 1.62. The summed E-state index contributed by atoms with van der Waals surface area (Å²) in [5.74, 6) is -1.04. The number of hydrogen-bond acceptors (Lipinski definition) is 6. The minimum atomic E-state index is -1.20. The van der Waals surface area contributed by atoms with Gasteiger partial charge in [0.2, 0.25) is 5.13 Å². The first-order valence-corrected chi connectivity index (χ1v) is 9.89. The van der Waals surface area contributed by atoms with Crippen LogP contribution in [-0.2, 0) is 0 Å². The van der Waals surface area contributed by atoms with E-state index >= 15 is 0 Å². The van der Waals surface area contributed by atoms with Crippen molar-refractivity contribution in [3.63, 3.8) is 0 Å². The van der Waals surface area contributed by atoms with Crippen LogP contribution in [0.25, 0.3) is 11.3 Å². The Morgan fingerprint density at radius 2 is 2.17 bits per heavy atom. The van der Waals surface area contributed by atoms with Gasteiger partial charge in [0.1, 0.15) is 11.6 Å². The second-order valence-corrected chi connectivity index (χ2v) is 7.44. The Hall–Kier alpha value is -3.26. The first-order valence-electron chi connectivity index (χ1n) is 9.01. The van der Waals surface area contributed by atoms with Crippen LogP contribution in [0, 0.1) is 5.82 Å². The van der Waals surface area contributed by atoms with Crippen molar-refractivity contribution in [3.05, 3.63) is 64.8 Å². The zero-order valence-electron chi connectivity index (χ0n) is 15.6. The molecule has 6 nitrogen and oxygen atoms in total. The second-order valence-electron chi connectivity index (χ2n) is 6.60. The van der Waals surface area contributed by atoms with E-state index in [1.54, 1.807) is 7.11 Å². The first-order chi connectivity index (χ1) is 14.0. The average molecular weight is 411 g/mol. The van der Waals surface area contributed by atoms with Crippen molar-refractivity contribution >= 4 is 28.7 Å². The molecule has 0 saturated heterocycles. The number of halogens is 1. The number of nitrogens with zero attached hydrogens (tertiary/aromatic N) is 3. The normalized spacial score (nSPS) is 13.6. The largest absolute Gasteiger partial charge is 0.497 e. The van der Waals surface area contributed by atoms with Gasteiger partial charge < -0.3 is 9.84 Å². The third-order valence-corrected chi connectivity index (χ3v) is 5.34. The van der Waals surface area contributed by atoms with Gasteiger partial charge in [-0.15, -0.1) is 11.3 Å². The number of anilines is 1. The van der Waals surface area contributed by atoms with Gasteiger partial charge in [0.15, 0.2) is 0 Å². The third kappa shape index (κ3) is 4.27. The van der Waals surface area contributed by atoms with Crippen LogP contribution in [0.3, 0.4) is 0 Å². The fourth-order valence-electron chi connectivity index (χ4n) is 2.85. The average Bonchev–Trinajstić information content (AvgIpc) is 3.45. The van der Waals surface area contributed by atoms with Crippen LogP contribution in [0.5, 0.6) is 5.75 Å². The van der Waals surface area contributed by atoms with Gasteiger partial charge >= 0.3 is 5.97 Å². The quantitative estimate of drug-likeness (QED) is 0.452. The molecule has 0 amide bonds. The van der Waals surface area contributed by atoms with Crippen molar-refractivity contribution in [2.45, 2.75) is 18.9 Å². The van der Waals surface area contributed by atoms with Crippen LogP contribution < -0.4 is 9.75 Å². The van der Waals surface area contributed by atoms with E-state index in [1.807, 2.05) is 34.7 Å². The number of carboxylic acids is 1. The summed E-state index contributed by atoms with van der Waals surface area (Å²) in [6.07, 6.45) is 3.43. The maximum absolute atomic E-state index is 13.4. The van der Waals surface area contributed by atoms with Gasteiger partial charge in [-0.2, -0.15) is 5.10 Å². The molecule has 0 radical (unpaired) electrons. The highest BCUT2D eigenvalue weighted by Gasteiger charge is 2.31. The van der Waals surface area contributed by atoms with Crippen molar-refractivity contribution in [3.8, 4) is 17.0 Å². The second kappa shape index (κ2) is 8.00. The van der Waals surface area contributed by atoms with Crippen LogP contribution >= 0.6 is 11.3 Å². The molecule has 1 fully saturated rings. The summed E-state index contributed by atoms with van der Waals surface area (Å²) in [5.41, 5.74) is 1.98. The summed E-state index contributed by atoms with van der Waals surface area (Å²) in [6.45, 7) is 0. The number of hydrogen-bond donors (Lipinski definition) is 1. The topological polar surface area (TPSA) is 75.0 Å². The minimum absolute atomic E-state index is 0.124. The standard InChI is InChI=1S/C21H18FN3O3S/c1-28-17-4-2-3-13(9-17)19-12-29-21(24-19)25(16-7-8-16)23-11-14-5-6-15(22)10-18(14)20(26)27/h2-6,9-12,16H,7-8H2,1H3,(H,26,27). The first kappa shape index (κ1) is 19.1.